The van der Waals surface area contributed by atoms with Gasteiger partial charge in [-0.05, 0) is 42.5 Å². The Morgan fingerprint density at radius 2 is 2.21 bits per heavy atom. The van der Waals surface area contributed by atoms with Crippen molar-refractivity contribution in [1.82, 2.24) is 0 Å². The summed E-state index contributed by atoms with van der Waals surface area (Å²) in [6, 6.07) is 5.19. The van der Waals surface area contributed by atoms with Crippen LogP contribution in [-0.4, -0.2) is 11.3 Å². The predicted octanol–water partition coefficient (Wildman–Crippen LogP) is 4.01. The van der Waals surface area contributed by atoms with Crippen molar-refractivity contribution in [3.05, 3.63) is 33.8 Å². The number of hydrogen-bond donors (Lipinski definition) is 1. The second kappa shape index (κ2) is 5.82. The van der Waals surface area contributed by atoms with Crippen LogP contribution in [0.2, 0.25) is 10.0 Å². The largest absolute Gasteiger partial charge is 0.319 e. The molecule has 1 aliphatic rings. The third-order valence-corrected chi connectivity index (χ3v) is 4.55. The summed E-state index contributed by atoms with van der Waals surface area (Å²) in [7, 11) is 0. The lowest BCUT2D eigenvalue weighted by atomic mass is 9.73. The van der Waals surface area contributed by atoms with Gasteiger partial charge in [0.1, 0.15) is 0 Å². The maximum Gasteiger partial charge on any atom is 0.157 e. The molecule has 0 bridgehead atoms. The van der Waals surface area contributed by atoms with Crippen molar-refractivity contribution in [3.8, 4) is 0 Å². The molecule has 1 aliphatic carbocycles. The zero-order valence-electron chi connectivity index (χ0n) is 11.1. The lowest BCUT2D eigenvalue weighted by Gasteiger charge is -2.35. The van der Waals surface area contributed by atoms with Gasteiger partial charge < -0.3 is 5.73 Å². The number of carbonyl (C=O) groups is 1. The second-order valence-corrected chi connectivity index (χ2v) is 6.54. The van der Waals surface area contributed by atoms with E-state index in [1.54, 1.807) is 18.2 Å². The summed E-state index contributed by atoms with van der Waals surface area (Å²) in [4.78, 5) is 12.5. The Hall–Kier alpha value is -0.570. The van der Waals surface area contributed by atoms with Crippen molar-refractivity contribution in [1.29, 1.82) is 0 Å². The number of ketones is 1. The normalized spacial score (nSPS) is 27.3. The standard InChI is InChI=1S/C15H19Cl2NO/c1-10-3-2-6-15(18,9-10)14(19)8-11-7-12(16)4-5-13(11)17/h4-5,7,10H,2-3,6,8-9,18H2,1H3. The monoisotopic (exact) mass is 299 g/mol. The van der Waals surface area contributed by atoms with Crippen molar-refractivity contribution in [2.75, 3.05) is 0 Å². The topological polar surface area (TPSA) is 43.1 Å². The number of nitrogens with two attached hydrogens (primary N) is 1. The molecule has 0 amide bonds. The highest BCUT2D eigenvalue weighted by atomic mass is 35.5. The summed E-state index contributed by atoms with van der Waals surface area (Å²) < 4.78 is 0. The predicted molar refractivity (Wildman–Crippen MR) is 79.7 cm³/mol. The molecule has 2 atom stereocenters. The van der Waals surface area contributed by atoms with E-state index in [9.17, 15) is 4.79 Å². The number of rotatable bonds is 3. The minimum absolute atomic E-state index is 0.0724. The first kappa shape index (κ1) is 14.8. The molecule has 19 heavy (non-hydrogen) atoms. The van der Waals surface area contributed by atoms with E-state index >= 15 is 0 Å². The highest BCUT2D eigenvalue weighted by molar-refractivity contribution is 6.33. The number of hydrogen-bond acceptors (Lipinski definition) is 2. The third kappa shape index (κ3) is 3.50. The van der Waals surface area contributed by atoms with Gasteiger partial charge in [-0.2, -0.15) is 0 Å². The first-order valence-electron chi connectivity index (χ1n) is 6.67. The Morgan fingerprint density at radius 3 is 2.89 bits per heavy atom. The average molecular weight is 300 g/mol. The van der Waals surface area contributed by atoms with E-state index in [1.165, 1.54) is 0 Å². The summed E-state index contributed by atoms with van der Waals surface area (Å²) in [5.41, 5.74) is 6.38. The van der Waals surface area contributed by atoms with Crippen LogP contribution in [0.1, 0.15) is 38.2 Å². The van der Waals surface area contributed by atoms with Crippen LogP contribution in [0.25, 0.3) is 0 Å². The molecule has 2 N–H and O–H groups in total. The lowest BCUT2D eigenvalue weighted by Crippen LogP contribution is -2.51. The maximum atomic E-state index is 12.5. The van der Waals surface area contributed by atoms with Gasteiger partial charge in [-0.1, -0.05) is 43.0 Å². The van der Waals surface area contributed by atoms with Gasteiger partial charge in [0.05, 0.1) is 5.54 Å². The van der Waals surface area contributed by atoms with E-state index in [1.807, 2.05) is 0 Å². The molecule has 1 fully saturated rings. The first-order valence-corrected chi connectivity index (χ1v) is 7.42. The Morgan fingerprint density at radius 1 is 1.47 bits per heavy atom. The van der Waals surface area contributed by atoms with Gasteiger partial charge in [0.25, 0.3) is 0 Å². The smallest absolute Gasteiger partial charge is 0.157 e. The SMILES string of the molecule is CC1CCCC(N)(C(=O)Cc2cc(Cl)ccc2Cl)C1. The van der Waals surface area contributed by atoms with E-state index in [2.05, 4.69) is 6.92 Å². The summed E-state index contributed by atoms with van der Waals surface area (Å²) in [6.07, 6.45) is 3.98. The van der Waals surface area contributed by atoms with Crippen LogP contribution in [0.15, 0.2) is 18.2 Å². The summed E-state index contributed by atoms with van der Waals surface area (Å²) >= 11 is 12.0. The van der Waals surface area contributed by atoms with E-state index in [-0.39, 0.29) is 12.2 Å². The average Bonchev–Trinajstić information content (AvgIpc) is 2.33. The van der Waals surface area contributed by atoms with E-state index in [0.717, 1.165) is 31.2 Å². The van der Waals surface area contributed by atoms with Gasteiger partial charge in [0.2, 0.25) is 0 Å². The lowest BCUT2D eigenvalue weighted by molar-refractivity contribution is -0.125. The Bertz CT molecular complexity index is 489. The molecule has 2 unspecified atom stereocenters. The molecule has 2 rings (SSSR count). The van der Waals surface area contributed by atoms with Crippen LogP contribution in [0.3, 0.4) is 0 Å². The molecule has 1 saturated carbocycles. The molecule has 0 radical (unpaired) electrons. The van der Waals surface area contributed by atoms with Gasteiger partial charge >= 0.3 is 0 Å². The van der Waals surface area contributed by atoms with Gasteiger partial charge in [-0.25, -0.2) is 0 Å². The van der Waals surface area contributed by atoms with Gasteiger partial charge in [-0.15, -0.1) is 0 Å². The number of benzene rings is 1. The van der Waals surface area contributed by atoms with Crippen molar-refractivity contribution in [3.63, 3.8) is 0 Å². The van der Waals surface area contributed by atoms with Gasteiger partial charge in [0.15, 0.2) is 5.78 Å². The minimum atomic E-state index is -0.691. The van der Waals surface area contributed by atoms with E-state index in [4.69, 9.17) is 28.9 Å². The fourth-order valence-corrected chi connectivity index (χ4v) is 3.25. The highest BCUT2D eigenvalue weighted by Crippen LogP contribution is 2.32. The van der Waals surface area contributed by atoms with Crippen molar-refractivity contribution in [2.24, 2.45) is 11.7 Å². The number of halogens is 2. The molecule has 0 saturated heterocycles. The molecule has 1 aromatic carbocycles. The zero-order valence-corrected chi connectivity index (χ0v) is 12.6. The zero-order chi connectivity index (χ0) is 14.0. The molecule has 0 aromatic heterocycles. The number of carbonyl (C=O) groups excluding carboxylic acids is 1. The molecule has 1 aromatic rings. The summed E-state index contributed by atoms with van der Waals surface area (Å²) in [5, 5.41) is 1.17. The van der Waals surface area contributed by atoms with Crippen LogP contribution < -0.4 is 5.73 Å². The number of Topliss-reactive ketones (excluding diaryl/α,β-unsaturated/α-hetero) is 1. The van der Waals surface area contributed by atoms with Crippen LogP contribution >= 0.6 is 23.2 Å². The van der Waals surface area contributed by atoms with Gasteiger partial charge in [-0.3, -0.25) is 4.79 Å². The molecule has 2 nitrogen and oxygen atoms in total. The van der Waals surface area contributed by atoms with Crippen molar-refractivity contribution >= 4 is 29.0 Å². The van der Waals surface area contributed by atoms with E-state index < -0.39 is 5.54 Å². The quantitative estimate of drug-likeness (QED) is 0.916. The second-order valence-electron chi connectivity index (χ2n) is 5.69. The third-order valence-electron chi connectivity index (χ3n) is 3.95. The Kier molecular flexibility index (Phi) is 4.54. The summed E-state index contributed by atoms with van der Waals surface area (Å²) in [6.45, 7) is 2.15. The van der Waals surface area contributed by atoms with Crippen LogP contribution in [-0.2, 0) is 11.2 Å². The molecule has 0 aliphatic heterocycles. The fraction of sp³-hybridized carbons (Fsp3) is 0.533. The molecule has 0 heterocycles. The Balaban J connectivity index is 2.14. The molecular weight excluding hydrogens is 281 g/mol. The molecule has 0 spiro atoms. The molecule has 4 heteroatoms. The van der Waals surface area contributed by atoms with Crippen LogP contribution in [0.5, 0.6) is 0 Å². The van der Waals surface area contributed by atoms with Crippen LogP contribution in [0, 0.1) is 5.92 Å². The fourth-order valence-electron chi connectivity index (χ4n) is 2.87. The first-order chi connectivity index (χ1) is 8.90. The minimum Gasteiger partial charge on any atom is -0.319 e. The van der Waals surface area contributed by atoms with Gasteiger partial charge in [0, 0.05) is 16.5 Å². The van der Waals surface area contributed by atoms with E-state index in [0.29, 0.717) is 16.0 Å². The highest BCUT2D eigenvalue weighted by Gasteiger charge is 2.37. The Labute approximate surface area is 124 Å². The van der Waals surface area contributed by atoms with Crippen molar-refractivity contribution in [2.45, 2.75) is 44.6 Å². The molecule has 104 valence electrons. The van der Waals surface area contributed by atoms with Crippen LogP contribution in [0.4, 0.5) is 0 Å². The maximum absolute atomic E-state index is 12.5. The van der Waals surface area contributed by atoms with Crippen molar-refractivity contribution < 1.29 is 4.79 Å². The molecular formula is C15H19Cl2NO. The summed E-state index contributed by atoms with van der Waals surface area (Å²) in [5.74, 6) is 0.584.